The minimum Gasteiger partial charge on any atom is -0.496 e. The number of carboxylic acids is 1. The van der Waals surface area contributed by atoms with Gasteiger partial charge in [-0.15, -0.1) is 0 Å². The fourth-order valence-electron chi connectivity index (χ4n) is 2.80. The first-order valence-electron chi connectivity index (χ1n) is 7.18. The lowest BCUT2D eigenvalue weighted by Crippen LogP contribution is -2.48. The van der Waals surface area contributed by atoms with E-state index >= 15 is 0 Å². The molecule has 1 aliphatic heterocycles. The predicted molar refractivity (Wildman–Crippen MR) is 78.4 cm³/mol. The van der Waals surface area contributed by atoms with Crippen LogP contribution in [0.5, 0.6) is 5.75 Å². The first-order chi connectivity index (χ1) is 10.0. The summed E-state index contributed by atoms with van der Waals surface area (Å²) in [5, 5.41) is 9.25. The molecule has 1 saturated heterocycles. The Morgan fingerprint density at radius 2 is 2.14 bits per heavy atom. The minimum atomic E-state index is -0.917. The van der Waals surface area contributed by atoms with Crippen LogP contribution in [0.3, 0.4) is 0 Å². The molecule has 1 aromatic carbocycles. The molecule has 0 aliphatic carbocycles. The number of benzene rings is 1. The van der Waals surface area contributed by atoms with Crippen LogP contribution in [0.15, 0.2) is 18.2 Å². The zero-order chi connectivity index (χ0) is 15.4. The van der Waals surface area contributed by atoms with Crippen LogP contribution in [-0.4, -0.2) is 41.6 Å². The van der Waals surface area contributed by atoms with Crippen molar-refractivity contribution in [3.05, 3.63) is 29.3 Å². The Morgan fingerprint density at radius 3 is 2.81 bits per heavy atom. The van der Waals surface area contributed by atoms with E-state index in [1.807, 2.05) is 25.1 Å². The van der Waals surface area contributed by atoms with Gasteiger partial charge in [-0.25, -0.2) is 4.79 Å². The van der Waals surface area contributed by atoms with E-state index in [0.717, 1.165) is 24.0 Å². The first kappa shape index (κ1) is 15.4. The fraction of sp³-hybridized carbons (Fsp3) is 0.500. The highest BCUT2D eigenvalue weighted by atomic mass is 16.5. The van der Waals surface area contributed by atoms with Crippen molar-refractivity contribution in [2.45, 2.75) is 38.6 Å². The summed E-state index contributed by atoms with van der Waals surface area (Å²) < 4.78 is 5.28. The number of carbonyl (C=O) groups excluding carboxylic acids is 1. The van der Waals surface area contributed by atoms with Crippen molar-refractivity contribution in [2.75, 3.05) is 13.7 Å². The van der Waals surface area contributed by atoms with Gasteiger partial charge in [0.1, 0.15) is 11.8 Å². The zero-order valence-corrected chi connectivity index (χ0v) is 12.5. The second-order valence-corrected chi connectivity index (χ2v) is 5.43. The average Bonchev–Trinajstić information content (AvgIpc) is 2.47. The molecule has 1 heterocycles. The second-order valence-electron chi connectivity index (χ2n) is 5.43. The molecule has 1 atom stereocenters. The molecule has 0 saturated carbocycles. The molecule has 5 nitrogen and oxygen atoms in total. The Morgan fingerprint density at radius 1 is 1.38 bits per heavy atom. The Labute approximate surface area is 124 Å². The third-order valence-electron chi connectivity index (χ3n) is 3.89. The van der Waals surface area contributed by atoms with Gasteiger partial charge in [0.2, 0.25) is 5.91 Å². The molecule has 0 radical (unpaired) electrons. The van der Waals surface area contributed by atoms with Crippen molar-refractivity contribution >= 4 is 11.9 Å². The SMILES string of the molecule is COc1ccc(C)cc1CC(=O)N1CCCC[C@H]1C(=O)O. The number of amides is 1. The highest BCUT2D eigenvalue weighted by molar-refractivity contribution is 5.85. The molecule has 0 bridgehead atoms. The highest BCUT2D eigenvalue weighted by Gasteiger charge is 2.32. The molecular formula is C16H21NO4. The number of carboxylic acid groups (broad SMARTS) is 1. The molecule has 5 heteroatoms. The van der Waals surface area contributed by atoms with Crippen molar-refractivity contribution in [1.82, 2.24) is 4.90 Å². The third-order valence-corrected chi connectivity index (χ3v) is 3.89. The van der Waals surface area contributed by atoms with Gasteiger partial charge in [-0.2, -0.15) is 0 Å². The molecule has 1 amide bonds. The van der Waals surface area contributed by atoms with E-state index in [-0.39, 0.29) is 12.3 Å². The van der Waals surface area contributed by atoms with E-state index in [1.54, 1.807) is 7.11 Å². The van der Waals surface area contributed by atoms with Gasteiger partial charge in [0.25, 0.3) is 0 Å². The van der Waals surface area contributed by atoms with E-state index in [4.69, 9.17) is 4.74 Å². The van der Waals surface area contributed by atoms with Gasteiger partial charge in [-0.1, -0.05) is 17.7 Å². The molecule has 2 rings (SSSR count). The second kappa shape index (κ2) is 6.61. The Bertz CT molecular complexity index is 541. The normalized spacial score (nSPS) is 18.4. The summed E-state index contributed by atoms with van der Waals surface area (Å²) in [5.74, 6) is -0.400. The van der Waals surface area contributed by atoms with Crippen LogP contribution in [-0.2, 0) is 16.0 Å². The van der Waals surface area contributed by atoms with Crippen LogP contribution in [0, 0.1) is 6.92 Å². The van der Waals surface area contributed by atoms with Crippen molar-refractivity contribution in [3.63, 3.8) is 0 Å². The van der Waals surface area contributed by atoms with Gasteiger partial charge in [-0.05, 0) is 32.3 Å². The van der Waals surface area contributed by atoms with Crippen LogP contribution in [0.1, 0.15) is 30.4 Å². The van der Waals surface area contributed by atoms with Crippen LogP contribution in [0.25, 0.3) is 0 Å². The van der Waals surface area contributed by atoms with Crippen LogP contribution in [0.2, 0.25) is 0 Å². The number of rotatable bonds is 4. The standard InChI is InChI=1S/C16H21NO4/c1-11-6-7-14(21-2)12(9-11)10-15(18)17-8-4-3-5-13(17)16(19)20/h6-7,9,13H,3-5,8,10H2,1-2H3,(H,19,20)/t13-/m0/s1. The molecule has 1 fully saturated rings. The number of aryl methyl sites for hydroxylation is 1. The molecule has 0 spiro atoms. The summed E-state index contributed by atoms with van der Waals surface area (Å²) in [4.78, 5) is 25.2. The van der Waals surface area contributed by atoms with Crippen LogP contribution in [0.4, 0.5) is 0 Å². The van der Waals surface area contributed by atoms with Gasteiger partial charge in [0, 0.05) is 12.1 Å². The van der Waals surface area contributed by atoms with Gasteiger partial charge in [0.05, 0.1) is 13.5 Å². The summed E-state index contributed by atoms with van der Waals surface area (Å²) in [7, 11) is 1.57. The largest absolute Gasteiger partial charge is 0.496 e. The molecule has 1 N–H and O–H groups in total. The number of nitrogens with zero attached hydrogens (tertiary/aromatic N) is 1. The average molecular weight is 291 g/mol. The quantitative estimate of drug-likeness (QED) is 0.921. The van der Waals surface area contributed by atoms with Crippen LogP contribution < -0.4 is 4.74 Å². The number of likely N-dealkylation sites (tertiary alicyclic amines) is 1. The topological polar surface area (TPSA) is 66.8 Å². The molecule has 1 aromatic rings. The maximum Gasteiger partial charge on any atom is 0.326 e. The van der Waals surface area contributed by atoms with Gasteiger partial charge >= 0.3 is 5.97 Å². The zero-order valence-electron chi connectivity index (χ0n) is 12.5. The molecular weight excluding hydrogens is 270 g/mol. The Balaban J connectivity index is 2.16. The molecule has 0 unspecified atom stereocenters. The van der Waals surface area contributed by atoms with E-state index in [1.165, 1.54) is 4.90 Å². The number of hydrogen-bond donors (Lipinski definition) is 1. The Hall–Kier alpha value is -2.04. The molecule has 1 aliphatic rings. The Kier molecular flexibility index (Phi) is 4.83. The summed E-state index contributed by atoms with van der Waals surface area (Å²) >= 11 is 0. The number of methoxy groups -OCH3 is 1. The van der Waals surface area contributed by atoms with Crippen molar-refractivity contribution in [2.24, 2.45) is 0 Å². The number of ether oxygens (including phenoxy) is 1. The summed E-state index contributed by atoms with van der Waals surface area (Å²) in [6, 6.07) is 4.98. The lowest BCUT2D eigenvalue weighted by Gasteiger charge is -2.33. The smallest absolute Gasteiger partial charge is 0.326 e. The van der Waals surface area contributed by atoms with E-state index in [9.17, 15) is 14.7 Å². The number of aliphatic carboxylic acids is 1. The molecule has 21 heavy (non-hydrogen) atoms. The van der Waals surface area contributed by atoms with Gasteiger partial charge in [-0.3, -0.25) is 4.79 Å². The lowest BCUT2D eigenvalue weighted by molar-refractivity contribution is -0.151. The summed E-state index contributed by atoms with van der Waals surface area (Å²) in [6.45, 7) is 2.47. The van der Waals surface area contributed by atoms with E-state index in [0.29, 0.717) is 18.7 Å². The van der Waals surface area contributed by atoms with Crippen molar-refractivity contribution in [1.29, 1.82) is 0 Å². The van der Waals surface area contributed by atoms with Crippen LogP contribution >= 0.6 is 0 Å². The van der Waals surface area contributed by atoms with Gasteiger partial charge < -0.3 is 14.7 Å². The van der Waals surface area contributed by atoms with Crippen molar-refractivity contribution in [3.8, 4) is 5.75 Å². The number of piperidine rings is 1. The maximum absolute atomic E-state index is 12.5. The maximum atomic E-state index is 12.5. The third kappa shape index (κ3) is 3.54. The summed E-state index contributed by atoms with van der Waals surface area (Å²) in [5.41, 5.74) is 1.85. The van der Waals surface area contributed by atoms with Gasteiger partial charge in [0.15, 0.2) is 0 Å². The minimum absolute atomic E-state index is 0.147. The first-order valence-corrected chi connectivity index (χ1v) is 7.18. The highest BCUT2D eigenvalue weighted by Crippen LogP contribution is 2.23. The lowest BCUT2D eigenvalue weighted by atomic mass is 10.00. The molecule has 114 valence electrons. The van der Waals surface area contributed by atoms with E-state index in [2.05, 4.69) is 0 Å². The number of carbonyl (C=O) groups is 2. The fourth-order valence-corrected chi connectivity index (χ4v) is 2.80. The van der Waals surface area contributed by atoms with Crippen molar-refractivity contribution < 1.29 is 19.4 Å². The summed E-state index contributed by atoms with van der Waals surface area (Å²) in [6.07, 6.45) is 2.43. The predicted octanol–water partition coefficient (Wildman–Crippen LogP) is 2.01. The monoisotopic (exact) mass is 291 g/mol. The van der Waals surface area contributed by atoms with E-state index < -0.39 is 12.0 Å². The number of hydrogen-bond acceptors (Lipinski definition) is 3. The molecule has 0 aromatic heterocycles.